The van der Waals surface area contributed by atoms with Crippen molar-refractivity contribution in [2.75, 3.05) is 14.2 Å². The molecule has 96 valence electrons. The predicted molar refractivity (Wildman–Crippen MR) is 78.4 cm³/mol. The molecule has 0 aliphatic heterocycles. The topological polar surface area (TPSA) is 18.5 Å². The molecule has 0 spiro atoms. The molecule has 0 radical (unpaired) electrons. The van der Waals surface area contributed by atoms with Crippen LogP contribution >= 0.6 is 31.9 Å². The Labute approximate surface area is 120 Å². The summed E-state index contributed by atoms with van der Waals surface area (Å²) < 4.78 is 11.6. The zero-order valence-electron chi connectivity index (χ0n) is 10.6. The largest absolute Gasteiger partial charge is 0.496 e. The van der Waals surface area contributed by atoms with Crippen LogP contribution in [0.25, 0.3) is 0 Å². The molecule has 2 nitrogen and oxygen atoms in total. The van der Waals surface area contributed by atoms with Gasteiger partial charge < -0.3 is 9.47 Å². The lowest BCUT2D eigenvalue weighted by molar-refractivity contribution is 0.395. The van der Waals surface area contributed by atoms with Crippen LogP contribution in [0.3, 0.4) is 0 Å². The summed E-state index contributed by atoms with van der Waals surface area (Å²) in [6.07, 6.45) is 1.06. The van der Waals surface area contributed by atoms with Crippen LogP contribution in [0.1, 0.15) is 30.7 Å². The average Bonchev–Trinajstić information content (AvgIpc) is 2.27. The summed E-state index contributed by atoms with van der Waals surface area (Å²) in [6.45, 7) is 4.41. The van der Waals surface area contributed by atoms with Crippen LogP contribution in [0.5, 0.6) is 11.5 Å². The first-order valence-corrected chi connectivity index (χ1v) is 7.26. The minimum Gasteiger partial charge on any atom is -0.496 e. The van der Waals surface area contributed by atoms with Gasteiger partial charge >= 0.3 is 0 Å². The number of hydrogen-bond donors (Lipinski definition) is 0. The first-order chi connectivity index (χ1) is 7.99. The molecule has 0 bridgehead atoms. The molecular weight excluding hydrogens is 348 g/mol. The lowest BCUT2D eigenvalue weighted by Crippen LogP contribution is -2.00. The van der Waals surface area contributed by atoms with Gasteiger partial charge in [-0.2, -0.15) is 0 Å². The highest BCUT2D eigenvalue weighted by Crippen LogP contribution is 2.41. The van der Waals surface area contributed by atoms with E-state index in [9.17, 15) is 0 Å². The first kappa shape index (κ1) is 14.8. The highest BCUT2D eigenvalue weighted by Gasteiger charge is 2.17. The minimum absolute atomic E-state index is 0.277. The molecule has 0 aliphatic rings. The van der Waals surface area contributed by atoms with Gasteiger partial charge in [0.15, 0.2) is 0 Å². The number of alkyl halides is 1. The maximum atomic E-state index is 5.41. The van der Waals surface area contributed by atoms with Gasteiger partial charge in [0.1, 0.15) is 11.5 Å². The van der Waals surface area contributed by atoms with Gasteiger partial charge in [0.2, 0.25) is 0 Å². The molecule has 0 saturated heterocycles. The monoisotopic (exact) mass is 364 g/mol. The lowest BCUT2D eigenvalue weighted by atomic mass is 10.0. The van der Waals surface area contributed by atoms with Crippen molar-refractivity contribution in [3.05, 3.63) is 22.2 Å². The standard InChI is InChI=1S/C13H18Br2O2/c1-8(2)5-10(14)9-6-13(17-4)11(15)7-12(9)16-3/h6-8,10H,5H2,1-4H3. The van der Waals surface area contributed by atoms with Gasteiger partial charge in [-0.15, -0.1) is 0 Å². The second-order valence-corrected chi connectivity index (χ2v) is 6.29. The zero-order valence-corrected chi connectivity index (χ0v) is 13.8. The van der Waals surface area contributed by atoms with Crippen LogP contribution in [0.4, 0.5) is 0 Å². The molecule has 1 atom stereocenters. The van der Waals surface area contributed by atoms with Gasteiger partial charge in [0.25, 0.3) is 0 Å². The molecule has 0 heterocycles. The van der Waals surface area contributed by atoms with Crippen LogP contribution in [0.15, 0.2) is 16.6 Å². The second kappa shape index (κ2) is 6.64. The second-order valence-electron chi connectivity index (χ2n) is 4.33. The molecule has 0 saturated carbocycles. The van der Waals surface area contributed by atoms with Crippen LogP contribution in [-0.4, -0.2) is 14.2 Å². The number of rotatable bonds is 5. The van der Waals surface area contributed by atoms with Gasteiger partial charge in [-0.25, -0.2) is 0 Å². The Hall–Kier alpha value is -0.220. The Morgan fingerprint density at radius 3 is 2.18 bits per heavy atom. The third kappa shape index (κ3) is 3.88. The van der Waals surface area contributed by atoms with Crippen molar-refractivity contribution in [3.63, 3.8) is 0 Å². The summed E-state index contributed by atoms with van der Waals surface area (Å²) >= 11 is 7.18. The Morgan fingerprint density at radius 2 is 1.71 bits per heavy atom. The summed E-state index contributed by atoms with van der Waals surface area (Å²) in [5.41, 5.74) is 1.13. The predicted octanol–water partition coefficient (Wildman–Crippen LogP) is 4.95. The molecule has 0 aliphatic carbocycles. The lowest BCUT2D eigenvalue weighted by Gasteiger charge is -2.18. The molecule has 0 fully saturated rings. The number of benzene rings is 1. The molecule has 0 amide bonds. The van der Waals surface area contributed by atoms with E-state index in [4.69, 9.17) is 9.47 Å². The molecule has 17 heavy (non-hydrogen) atoms. The van der Waals surface area contributed by atoms with Crippen molar-refractivity contribution in [1.29, 1.82) is 0 Å². The number of methoxy groups -OCH3 is 2. The maximum absolute atomic E-state index is 5.41. The Kier molecular flexibility index (Phi) is 5.80. The fourth-order valence-corrected chi connectivity index (χ4v) is 3.26. The van der Waals surface area contributed by atoms with E-state index < -0.39 is 0 Å². The van der Waals surface area contributed by atoms with Crippen molar-refractivity contribution >= 4 is 31.9 Å². The Morgan fingerprint density at radius 1 is 1.12 bits per heavy atom. The van der Waals surface area contributed by atoms with Gasteiger partial charge in [-0.05, 0) is 40.4 Å². The van der Waals surface area contributed by atoms with Gasteiger partial charge in [-0.3, -0.25) is 0 Å². The Balaban J connectivity index is 3.11. The van der Waals surface area contributed by atoms with Crippen molar-refractivity contribution in [1.82, 2.24) is 0 Å². The average molecular weight is 366 g/mol. The van der Waals surface area contributed by atoms with Gasteiger partial charge in [-0.1, -0.05) is 29.8 Å². The van der Waals surface area contributed by atoms with Crippen LogP contribution < -0.4 is 9.47 Å². The van der Waals surface area contributed by atoms with E-state index in [2.05, 4.69) is 45.7 Å². The van der Waals surface area contributed by atoms with Crippen molar-refractivity contribution in [3.8, 4) is 11.5 Å². The molecule has 1 aromatic rings. The van der Waals surface area contributed by atoms with Crippen molar-refractivity contribution in [2.24, 2.45) is 5.92 Å². The smallest absolute Gasteiger partial charge is 0.133 e. The first-order valence-electron chi connectivity index (χ1n) is 5.55. The molecule has 0 aromatic heterocycles. The third-order valence-corrected chi connectivity index (χ3v) is 4.01. The molecule has 4 heteroatoms. The van der Waals surface area contributed by atoms with Gasteiger partial charge in [0, 0.05) is 10.4 Å². The zero-order chi connectivity index (χ0) is 13.0. The summed E-state index contributed by atoms with van der Waals surface area (Å²) in [5.74, 6) is 2.33. The minimum atomic E-state index is 0.277. The molecule has 0 N–H and O–H groups in total. The summed E-state index contributed by atoms with van der Waals surface area (Å²) in [5, 5.41) is 0. The van der Waals surface area contributed by atoms with E-state index in [0.717, 1.165) is 28.0 Å². The fraction of sp³-hybridized carbons (Fsp3) is 0.538. The maximum Gasteiger partial charge on any atom is 0.133 e. The molecule has 1 unspecified atom stereocenters. The van der Waals surface area contributed by atoms with Crippen LogP contribution in [0.2, 0.25) is 0 Å². The highest BCUT2D eigenvalue weighted by molar-refractivity contribution is 9.10. The number of ether oxygens (including phenoxy) is 2. The molecule has 1 aromatic carbocycles. The van der Waals surface area contributed by atoms with E-state index in [1.165, 1.54) is 0 Å². The van der Waals surface area contributed by atoms with E-state index in [1.54, 1.807) is 14.2 Å². The molecule has 1 rings (SSSR count). The quantitative estimate of drug-likeness (QED) is 0.687. The molecular formula is C13H18Br2O2. The summed E-state index contributed by atoms with van der Waals surface area (Å²) in [6, 6.07) is 3.97. The van der Waals surface area contributed by atoms with Crippen LogP contribution in [-0.2, 0) is 0 Å². The summed E-state index contributed by atoms with van der Waals surface area (Å²) in [4.78, 5) is 0.277. The van der Waals surface area contributed by atoms with Crippen LogP contribution in [0, 0.1) is 5.92 Å². The van der Waals surface area contributed by atoms with E-state index >= 15 is 0 Å². The van der Waals surface area contributed by atoms with Crippen molar-refractivity contribution < 1.29 is 9.47 Å². The van der Waals surface area contributed by atoms with Crippen molar-refractivity contribution in [2.45, 2.75) is 25.1 Å². The third-order valence-electron chi connectivity index (χ3n) is 2.52. The normalized spacial score (nSPS) is 12.6. The Bertz CT molecular complexity index is 378. The van der Waals surface area contributed by atoms with E-state index in [0.29, 0.717) is 5.92 Å². The number of hydrogen-bond acceptors (Lipinski definition) is 2. The van der Waals surface area contributed by atoms with E-state index in [-0.39, 0.29) is 4.83 Å². The van der Waals surface area contributed by atoms with Gasteiger partial charge in [0.05, 0.1) is 18.7 Å². The number of halogens is 2. The SMILES string of the molecule is COc1cc(C(Br)CC(C)C)c(OC)cc1Br. The van der Waals surface area contributed by atoms with E-state index in [1.807, 2.05) is 12.1 Å². The highest BCUT2D eigenvalue weighted by atomic mass is 79.9. The fourth-order valence-electron chi connectivity index (χ4n) is 1.67. The summed E-state index contributed by atoms with van der Waals surface area (Å²) in [7, 11) is 3.36.